The van der Waals surface area contributed by atoms with Crippen molar-refractivity contribution in [1.29, 1.82) is 0 Å². The molecule has 0 aliphatic heterocycles. The molecule has 1 N–H and O–H groups in total. The molecule has 4 rings (SSSR count). The zero-order valence-corrected chi connectivity index (χ0v) is 24.3. The number of ketones is 1. The van der Waals surface area contributed by atoms with Gasteiger partial charge in [0, 0.05) is 33.8 Å². The summed E-state index contributed by atoms with van der Waals surface area (Å²) in [7, 11) is -4.01. The molecule has 1 aromatic carbocycles. The molecule has 3 aromatic heterocycles. The van der Waals surface area contributed by atoms with E-state index in [0.29, 0.717) is 27.6 Å². The van der Waals surface area contributed by atoms with Crippen LogP contribution in [0.25, 0.3) is 11.1 Å². The molecule has 0 amide bonds. The monoisotopic (exact) mass is 571 g/mol. The molecule has 11 heteroatoms. The Balaban J connectivity index is 1.70. The van der Waals surface area contributed by atoms with Gasteiger partial charge in [0.2, 0.25) is 5.95 Å². The van der Waals surface area contributed by atoms with Crippen molar-refractivity contribution in [2.24, 2.45) is 5.92 Å². The van der Waals surface area contributed by atoms with Crippen LogP contribution in [0, 0.1) is 5.92 Å². The number of imidazole rings is 1. The van der Waals surface area contributed by atoms with Crippen molar-refractivity contribution < 1.29 is 13.2 Å². The number of anilines is 1. The second kappa shape index (κ2) is 11.0. The maximum absolute atomic E-state index is 13.5. The van der Waals surface area contributed by atoms with Gasteiger partial charge in [0.15, 0.2) is 5.78 Å². The number of carbonyl (C=O) groups is 1. The van der Waals surface area contributed by atoms with Gasteiger partial charge >= 0.3 is 0 Å². The van der Waals surface area contributed by atoms with Crippen molar-refractivity contribution in [3.63, 3.8) is 0 Å². The molecule has 0 bridgehead atoms. The summed E-state index contributed by atoms with van der Waals surface area (Å²) in [5, 5.41) is 0.302. The largest absolute Gasteiger partial charge is 0.327 e. The van der Waals surface area contributed by atoms with Crippen LogP contribution in [0.2, 0.25) is 5.02 Å². The summed E-state index contributed by atoms with van der Waals surface area (Å²) < 4.78 is 31.3. The zero-order valence-electron chi connectivity index (χ0n) is 21.9. The fourth-order valence-corrected chi connectivity index (χ4v) is 7.05. The first-order valence-corrected chi connectivity index (χ1v) is 14.8. The third-order valence-corrected chi connectivity index (χ3v) is 8.86. The Morgan fingerprint density at radius 1 is 1.13 bits per heavy atom. The van der Waals surface area contributed by atoms with E-state index in [1.807, 2.05) is 37.5 Å². The molecule has 0 aliphatic carbocycles. The smallest absolute Gasteiger partial charge is 0.274 e. The number of benzene rings is 1. The van der Waals surface area contributed by atoms with Gasteiger partial charge in [-0.3, -0.25) is 4.79 Å². The van der Waals surface area contributed by atoms with Gasteiger partial charge < -0.3 is 4.57 Å². The lowest BCUT2D eigenvalue weighted by Gasteiger charge is -2.19. The quantitative estimate of drug-likeness (QED) is 0.238. The molecule has 3 heterocycles. The van der Waals surface area contributed by atoms with Crippen LogP contribution in [-0.4, -0.2) is 33.7 Å². The van der Waals surface area contributed by atoms with Gasteiger partial charge in [-0.05, 0) is 30.0 Å². The van der Waals surface area contributed by atoms with Crippen molar-refractivity contribution in [1.82, 2.24) is 19.5 Å². The van der Waals surface area contributed by atoms with Gasteiger partial charge in [0.1, 0.15) is 10.0 Å². The summed E-state index contributed by atoms with van der Waals surface area (Å²) in [6.07, 6.45) is 6.87. The number of halogens is 1. The van der Waals surface area contributed by atoms with Crippen LogP contribution in [0.5, 0.6) is 0 Å². The zero-order chi connectivity index (χ0) is 27.7. The number of nitrogens with one attached hydrogen (secondary N) is 1. The average molecular weight is 572 g/mol. The fourth-order valence-electron chi connectivity index (χ4n) is 4.05. The summed E-state index contributed by atoms with van der Waals surface area (Å²) in [4.78, 5) is 26.6. The molecule has 0 fully saturated rings. The molecule has 0 radical (unpaired) electrons. The predicted molar refractivity (Wildman–Crippen MR) is 151 cm³/mol. The van der Waals surface area contributed by atoms with Crippen molar-refractivity contribution in [3.05, 3.63) is 76.4 Å². The Kier molecular flexibility index (Phi) is 8.06. The molecular weight excluding hydrogens is 542 g/mol. The van der Waals surface area contributed by atoms with Crippen LogP contribution >= 0.6 is 22.9 Å². The summed E-state index contributed by atoms with van der Waals surface area (Å²) in [5.41, 5.74) is 1.45. The minimum Gasteiger partial charge on any atom is -0.327 e. The molecule has 0 spiro atoms. The van der Waals surface area contributed by atoms with E-state index in [-0.39, 0.29) is 27.9 Å². The first kappa shape index (κ1) is 27.9. The Morgan fingerprint density at radius 2 is 1.84 bits per heavy atom. The molecule has 8 nitrogen and oxygen atoms in total. The minimum absolute atomic E-state index is 0.0712. The van der Waals surface area contributed by atoms with Gasteiger partial charge in [0.05, 0.1) is 24.0 Å². The van der Waals surface area contributed by atoms with E-state index in [0.717, 1.165) is 17.1 Å². The molecular formula is C27H30ClN5O3S2. The lowest BCUT2D eigenvalue weighted by atomic mass is 9.95. The number of hydrogen-bond donors (Lipinski definition) is 1. The van der Waals surface area contributed by atoms with Crippen LogP contribution in [-0.2, 0) is 28.4 Å². The highest BCUT2D eigenvalue weighted by atomic mass is 35.5. The van der Waals surface area contributed by atoms with Crippen molar-refractivity contribution in [2.75, 3.05) is 4.72 Å². The summed E-state index contributed by atoms with van der Waals surface area (Å²) >= 11 is 7.05. The molecule has 0 aliphatic rings. The average Bonchev–Trinajstić information content (AvgIpc) is 3.48. The lowest BCUT2D eigenvalue weighted by Crippen LogP contribution is -2.21. The van der Waals surface area contributed by atoms with E-state index in [1.54, 1.807) is 30.6 Å². The van der Waals surface area contributed by atoms with Crippen LogP contribution in [0.3, 0.4) is 0 Å². The number of carbonyl (C=O) groups excluding carboxylic acids is 1. The summed E-state index contributed by atoms with van der Waals surface area (Å²) in [5.74, 6) is 0.995. The van der Waals surface area contributed by atoms with E-state index in [4.69, 9.17) is 11.6 Å². The first-order valence-electron chi connectivity index (χ1n) is 12.1. The highest BCUT2D eigenvalue weighted by molar-refractivity contribution is 7.94. The van der Waals surface area contributed by atoms with Crippen LogP contribution in [0.4, 0.5) is 5.95 Å². The Hall–Kier alpha value is -3.08. The molecule has 200 valence electrons. The third-order valence-electron chi connectivity index (χ3n) is 5.64. The summed E-state index contributed by atoms with van der Waals surface area (Å²) in [6, 6.07) is 8.96. The van der Waals surface area contributed by atoms with Gasteiger partial charge in [-0.1, -0.05) is 64.4 Å². The Bertz CT molecular complexity index is 1550. The number of Topliss-reactive ketones (excluding diaryl/α,β-unsaturated/α-hetero) is 1. The molecule has 0 saturated carbocycles. The van der Waals surface area contributed by atoms with E-state index in [2.05, 4.69) is 33.5 Å². The van der Waals surface area contributed by atoms with E-state index in [9.17, 15) is 13.2 Å². The Morgan fingerprint density at radius 3 is 2.50 bits per heavy atom. The van der Waals surface area contributed by atoms with Crippen molar-refractivity contribution >= 4 is 44.7 Å². The highest BCUT2D eigenvalue weighted by Crippen LogP contribution is 2.37. The second-order valence-electron chi connectivity index (χ2n) is 10.5. The number of aromatic nitrogens is 4. The predicted octanol–water partition coefficient (Wildman–Crippen LogP) is 6.23. The molecule has 38 heavy (non-hydrogen) atoms. The SMILES string of the molecule is CC(C)Cc1cc(-c2cccc(C(=O)Cn3ccnc3C(C)(C)C)c2)c(S(=O)(=O)Nc2ncc(Cl)cn2)s1. The highest BCUT2D eigenvalue weighted by Gasteiger charge is 2.26. The lowest BCUT2D eigenvalue weighted by molar-refractivity contribution is 0.0970. The van der Waals surface area contributed by atoms with E-state index < -0.39 is 10.0 Å². The molecule has 0 atom stereocenters. The standard InChI is InChI=1S/C27H30ClN5O3S2/c1-17(2)11-21-13-22(24(37-21)38(35,36)32-26-30-14-20(28)15-31-26)18-7-6-8-19(12-18)23(34)16-33-10-9-29-25(33)27(3,4)5/h6-10,12-15,17H,11,16H2,1-5H3,(H,30,31,32). The molecule has 0 unspecified atom stereocenters. The van der Waals surface area contributed by atoms with Gasteiger partial charge in [0.25, 0.3) is 10.0 Å². The van der Waals surface area contributed by atoms with Crippen LogP contribution in [0.1, 0.15) is 55.7 Å². The van der Waals surface area contributed by atoms with Gasteiger partial charge in [-0.15, -0.1) is 11.3 Å². The topological polar surface area (TPSA) is 107 Å². The maximum Gasteiger partial charge on any atom is 0.274 e. The van der Waals surface area contributed by atoms with E-state index in [1.165, 1.54) is 23.7 Å². The van der Waals surface area contributed by atoms with Crippen LogP contribution < -0.4 is 4.72 Å². The van der Waals surface area contributed by atoms with Crippen molar-refractivity contribution in [3.8, 4) is 11.1 Å². The summed E-state index contributed by atoms with van der Waals surface area (Å²) in [6.45, 7) is 10.4. The van der Waals surface area contributed by atoms with Crippen LogP contribution in [0.15, 0.2) is 59.3 Å². The van der Waals surface area contributed by atoms with E-state index >= 15 is 0 Å². The third kappa shape index (κ3) is 6.48. The number of hydrogen-bond acceptors (Lipinski definition) is 7. The Labute approximate surface area is 232 Å². The minimum atomic E-state index is -4.01. The second-order valence-corrected chi connectivity index (χ2v) is 13.9. The van der Waals surface area contributed by atoms with Crippen molar-refractivity contribution in [2.45, 2.75) is 57.2 Å². The number of sulfonamides is 1. The fraction of sp³-hybridized carbons (Fsp3) is 0.333. The maximum atomic E-state index is 13.5. The number of thiophene rings is 1. The molecule has 0 saturated heterocycles. The van der Waals surface area contributed by atoms with Gasteiger partial charge in [-0.2, -0.15) is 0 Å². The normalized spacial score (nSPS) is 12.2. The number of nitrogens with zero attached hydrogens (tertiary/aromatic N) is 4. The molecule has 4 aromatic rings. The first-order chi connectivity index (χ1) is 17.8. The van der Waals surface area contributed by atoms with Gasteiger partial charge in [-0.25, -0.2) is 28.1 Å². The number of rotatable bonds is 9.